The normalized spacial score (nSPS) is 9.37. The Kier molecular flexibility index (Phi) is 12.7. The van der Waals surface area contributed by atoms with Crippen molar-refractivity contribution in [2.24, 2.45) is 0 Å². The third-order valence-corrected chi connectivity index (χ3v) is 5.83. The minimum absolute atomic E-state index is 1.08. The van der Waals surface area contributed by atoms with E-state index >= 15 is 0 Å². The molecule has 0 spiro atoms. The van der Waals surface area contributed by atoms with Crippen molar-refractivity contribution in [3.63, 3.8) is 0 Å². The van der Waals surface area contributed by atoms with Gasteiger partial charge >= 0.3 is 24.8 Å². The molecule has 3 aromatic rings. The molecular weight excluding hydrogens is 398 g/mol. The molecular formula is C28H40NTi-3. The molecule has 0 radical (unpaired) electrons. The first-order valence-corrected chi connectivity index (χ1v) is 11.4. The molecule has 164 valence electrons. The van der Waals surface area contributed by atoms with Gasteiger partial charge in [-0.2, -0.15) is 75.2 Å². The van der Waals surface area contributed by atoms with Crippen molar-refractivity contribution in [1.82, 2.24) is 0 Å². The molecule has 0 saturated carbocycles. The summed E-state index contributed by atoms with van der Waals surface area (Å²) in [5, 5.41) is 0. The van der Waals surface area contributed by atoms with E-state index in [1.54, 1.807) is 20.0 Å². The van der Waals surface area contributed by atoms with Crippen molar-refractivity contribution in [1.29, 1.82) is 0 Å². The van der Waals surface area contributed by atoms with Gasteiger partial charge in [-0.3, -0.25) is 0 Å². The van der Waals surface area contributed by atoms with Gasteiger partial charge in [-0.15, -0.1) is 6.07 Å². The summed E-state index contributed by atoms with van der Waals surface area (Å²) in [4.78, 5) is 5.31. The Morgan fingerprint density at radius 1 is 0.767 bits per heavy atom. The van der Waals surface area contributed by atoms with Crippen LogP contribution < -0.4 is 4.90 Å². The van der Waals surface area contributed by atoms with Crippen LogP contribution in [0.25, 0.3) is 0 Å². The molecule has 0 saturated heterocycles. The molecule has 3 aromatic carbocycles. The van der Waals surface area contributed by atoms with E-state index in [1.165, 1.54) is 50.2 Å². The van der Waals surface area contributed by atoms with Gasteiger partial charge in [-0.25, -0.2) is 0 Å². The molecule has 0 aliphatic rings. The number of para-hydroxylation sites is 1. The standard InChI is InChI=1S/C9H12N.2C9H13.CH2.Ti/c1-8-6-4-5-7-9(8)10(2)3;2*1-6-5-7(2)9(4)8(6)3;;/h4-7H,1H2,2-3H3;2*5H,1-4H3;1H2;/q3*-1;;. The second-order valence-electron chi connectivity index (χ2n) is 8.04. The van der Waals surface area contributed by atoms with E-state index in [1.807, 2.05) is 32.3 Å². The van der Waals surface area contributed by atoms with Gasteiger partial charge in [0, 0.05) is 0 Å². The number of hydrogen-bond donors (Lipinski definition) is 0. The predicted octanol–water partition coefficient (Wildman–Crippen LogP) is 7.18. The maximum absolute atomic E-state index is 3.90. The van der Waals surface area contributed by atoms with Crippen LogP contribution in [0.15, 0.2) is 36.4 Å². The van der Waals surface area contributed by atoms with Crippen LogP contribution >= 0.6 is 0 Å². The average molecular weight is 439 g/mol. The molecule has 0 atom stereocenters. The van der Waals surface area contributed by atoms with Crippen molar-refractivity contribution >= 4 is 10.5 Å². The van der Waals surface area contributed by atoms with Crippen molar-refractivity contribution in [3.05, 3.63) is 93.4 Å². The Morgan fingerprint density at radius 3 is 1.30 bits per heavy atom. The van der Waals surface area contributed by atoms with Crippen molar-refractivity contribution in [2.75, 3.05) is 19.0 Å². The molecule has 30 heavy (non-hydrogen) atoms. The third-order valence-electron chi connectivity index (χ3n) is 5.83. The summed E-state index contributed by atoms with van der Waals surface area (Å²) in [6.45, 7) is 21.3. The van der Waals surface area contributed by atoms with E-state index in [0.29, 0.717) is 0 Å². The Hall–Kier alpha value is -1.83. The van der Waals surface area contributed by atoms with Crippen LogP contribution in [0.1, 0.15) is 50.1 Å². The van der Waals surface area contributed by atoms with Gasteiger partial charge in [0.05, 0.1) is 0 Å². The number of rotatable bonds is 1. The first-order valence-electron chi connectivity index (χ1n) is 10.3. The Bertz CT molecular complexity index is 814. The van der Waals surface area contributed by atoms with Crippen molar-refractivity contribution < 1.29 is 20.0 Å². The zero-order chi connectivity index (χ0) is 23.6. The van der Waals surface area contributed by atoms with E-state index in [0.717, 1.165) is 5.56 Å². The van der Waals surface area contributed by atoms with Crippen LogP contribution in [0.2, 0.25) is 0 Å². The monoisotopic (exact) mass is 438 g/mol. The number of benzene rings is 1. The SMILES string of the molecule is Cc1c[c-](C)c(C)c1C.Cc1c[c-](C)c(C)c1C.[CH2-]c1ccccc1N(C)C.[CH2]=[Ti]. The molecule has 0 aliphatic heterocycles. The van der Waals surface area contributed by atoms with Crippen LogP contribution in [0.5, 0.6) is 0 Å². The fourth-order valence-electron chi connectivity index (χ4n) is 3.21. The van der Waals surface area contributed by atoms with Crippen LogP contribution in [-0.2, 0) is 20.0 Å². The molecule has 0 aromatic heterocycles. The second kappa shape index (κ2) is 13.5. The fraction of sp³-hybridized carbons (Fsp3) is 0.357. The molecule has 0 bridgehead atoms. The zero-order valence-corrected chi connectivity index (χ0v) is 22.4. The topological polar surface area (TPSA) is 3.24 Å². The summed E-state index contributed by atoms with van der Waals surface area (Å²) < 4.78 is 0. The molecule has 0 aliphatic carbocycles. The Labute approximate surface area is 197 Å². The summed E-state index contributed by atoms with van der Waals surface area (Å²) in [7, 11) is 4.04. The Morgan fingerprint density at radius 2 is 1.13 bits per heavy atom. The molecule has 1 nitrogen and oxygen atoms in total. The summed E-state index contributed by atoms with van der Waals surface area (Å²) >= 11 is 1.75. The van der Waals surface area contributed by atoms with E-state index in [2.05, 4.69) is 90.2 Å². The van der Waals surface area contributed by atoms with Crippen LogP contribution in [-0.4, -0.2) is 18.9 Å². The molecule has 3 rings (SSSR count). The molecule has 0 fully saturated rings. The summed E-state index contributed by atoms with van der Waals surface area (Å²) in [5.41, 5.74) is 13.8. The van der Waals surface area contributed by atoms with Gasteiger partial charge < -0.3 is 4.90 Å². The van der Waals surface area contributed by atoms with Gasteiger partial charge in [0.2, 0.25) is 0 Å². The predicted molar refractivity (Wildman–Crippen MR) is 134 cm³/mol. The second-order valence-corrected chi connectivity index (χ2v) is 8.04. The fourth-order valence-corrected chi connectivity index (χ4v) is 3.21. The van der Waals surface area contributed by atoms with Gasteiger partial charge in [-0.1, -0.05) is 73.2 Å². The molecule has 0 N–H and O–H groups in total. The number of nitrogens with zero attached hydrogens (tertiary/aromatic N) is 1. The van der Waals surface area contributed by atoms with E-state index in [4.69, 9.17) is 0 Å². The van der Waals surface area contributed by atoms with Crippen LogP contribution in [0, 0.1) is 62.3 Å². The van der Waals surface area contributed by atoms with Crippen molar-refractivity contribution in [2.45, 2.75) is 55.4 Å². The van der Waals surface area contributed by atoms with Crippen LogP contribution in [0.3, 0.4) is 0 Å². The molecule has 0 heterocycles. The first kappa shape index (κ1) is 28.2. The molecule has 0 unspecified atom stereocenters. The van der Waals surface area contributed by atoms with Gasteiger partial charge in [0.25, 0.3) is 0 Å². The maximum atomic E-state index is 3.90. The van der Waals surface area contributed by atoms with Gasteiger partial charge in [0.1, 0.15) is 0 Å². The minimum atomic E-state index is 1.08. The molecule has 0 amide bonds. The molecule has 2 heteroatoms. The quantitative estimate of drug-likeness (QED) is 0.287. The van der Waals surface area contributed by atoms with Gasteiger partial charge in [-0.05, 0) is 14.1 Å². The van der Waals surface area contributed by atoms with E-state index in [-0.39, 0.29) is 0 Å². The van der Waals surface area contributed by atoms with Crippen molar-refractivity contribution in [3.8, 4) is 0 Å². The van der Waals surface area contributed by atoms with E-state index < -0.39 is 0 Å². The first-order chi connectivity index (χ1) is 14.0. The zero-order valence-electron chi connectivity index (χ0n) is 20.8. The summed E-state index contributed by atoms with van der Waals surface area (Å²) in [6.07, 6.45) is 0. The van der Waals surface area contributed by atoms with Gasteiger partial charge in [0.15, 0.2) is 0 Å². The number of aryl methyl sites for hydroxylation is 4. The summed E-state index contributed by atoms with van der Waals surface area (Å²) in [6, 6.07) is 12.6. The Balaban J connectivity index is 0.000000404. The average Bonchev–Trinajstić information content (AvgIpc) is 3.07. The van der Waals surface area contributed by atoms with Crippen LogP contribution in [0.4, 0.5) is 5.69 Å². The summed E-state index contributed by atoms with van der Waals surface area (Å²) in [5.74, 6) is 0. The number of anilines is 1. The third kappa shape index (κ3) is 8.13. The number of hydrogen-bond acceptors (Lipinski definition) is 1. The van der Waals surface area contributed by atoms with E-state index in [9.17, 15) is 0 Å².